The standard InChI is InChI=1S/C23H38N4O3/c1-24-22(25-17-23(8-5-9-23)10-13-28-2)26-18-6-11-27(12-7-18)19-14-20(29-3)16-21(15-19)30-4/h14-16,18H,5-13,17H2,1-4H3,(H2,24,25,26). The molecule has 0 radical (unpaired) electrons. The Morgan fingerprint density at radius 3 is 2.27 bits per heavy atom. The SMILES string of the molecule is CN=C(NCC1(CCOC)CCC1)NC1CCN(c2cc(OC)cc(OC)c2)CC1. The maximum Gasteiger partial charge on any atom is 0.191 e. The normalized spacial score (nSPS) is 19.2. The van der Waals surface area contributed by atoms with Gasteiger partial charge in [-0.2, -0.15) is 0 Å². The number of rotatable bonds is 9. The minimum atomic E-state index is 0.377. The highest BCUT2D eigenvalue weighted by molar-refractivity contribution is 5.80. The molecular formula is C23H38N4O3. The predicted octanol–water partition coefficient (Wildman–Crippen LogP) is 3.04. The van der Waals surface area contributed by atoms with E-state index in [2.05, 4.69) is 32.7 Å². The van der Waals surface area contributed by atoms with Gasteiger partial charge in [-0.05, 0) is 37.5 Å². The molecule has 0 spiro atoms. The molecule has 3 rings (SSSR count). The van der Waals surface area contributed by atoms with E-state index in [1.807, 2.05) is 13.1 Å². The lowest BCUT2D eigenvalue weighted by atomic mass is 9.67. The summed E-state index contributed by atoms with van der Waals surface area (Å²) in [7, 11) is 7.02. The number of guanidine groups is 1. The second-order valence-electron chi connectivity index (χ2n) is 8.50. The van der Waals surface area contributed by atoms with E-state index < -0.39 is 0 Å². The van der Waals surface area contributed by atoms with Crippen molar-refractivity contribution in [3.63, 3.8) is 0 Å². The van der Waals surface area contributed by atoms with E-state index in [4.69, 9.17) is 14.2 Å². The van der Waals surface area contributed by atoms with Gasteiger partial charge in [0.25, 0.3) is 0 Å². The van der Waals surface area contributed by atoms with Crippen LogP contribution < -0.4 is 25.0 Å². The molecule has 2 fully saturated rings. The quantitative estimate of drug-likeness (QED) is 0.475. The monoisotopic (exact) mass is 418 g/mol. The second-order valence-corrected chi connectivity index (χ2v) is 8.50. The Bertz CT molecular complexity index is 675. The van der Waals surface area contributed by atoms with Crippen molar-refractivity contribution in [2.75, 3.05) is 59.5 Å². The molecule has 0 aromatic heterocycles. The highest BCUT2D eigenvalue weighted by atomic mass is 16.5. The third-order valence-corrected chi connectivity index (χ3v) is 6.64. The topological polar surface area (TPSA) is 67.4 Å². The van der Waals surface area contributed by atoms with E-state index in [-0.39, 0.29) is 0 Å². The van der Waals surface area contributed by atoms with Gasteiger partial charge >= 0.3 is 0 Å². The first-order valence-corrected chi connectivity index (χ1v) is 11.1. The number of ether oxygens (including phenoxy) is 3. The maximum atomic E-state index is 5.42. The van der Waals surface area contributed by atoms with Crippen molar-refractivity contribution in [3.8, 4) is 11.5 Å². The summed E-state index contributed by atoms with van der Waals surface area (Å²) in [6, 6.07) is 6.50. The van der Waals surface area contributed by atoms with Crippen LogP contribution in [0.15, 0.2) is 23.2 Å². The Balaban J connectivity index is 1.49. The van der Waals surface area contributed by atoms with E-state index in [0.717, 1.165) is 68.6 Å². The van der Waals surface area contributed by atoms with Crippen molar-refractivity contribution in [1.29, 1.82) is 0 Å². The molecule has 0 atom stereocenters. The molecule has 1 saturated carbocycles. The highest BCUT2D eigenvalue weighted by Gasteiger charge is 2.36. The molecule has 0 bridgehead atoms. The van der Waals surface area contributed by atoms with Crippen LogP contribution in [0.4, 0.5) is 5.69 Å². The zero-order chi connectivity index (χ0) is 21.4. The number of methoxy groups -OCH3 is 3. The number of nitrogens with one attached hydrogen (secondary N) is 2. The van der Waals surface area contributed by atoms with Crippen molar-refractivity contribution in [2.24, 2.45) is 10.4 Å². The first kappa shape index (κ1) is 22.5. The van der Waals surface area contributed by atoms with Crippen LogP contribution in [0.2, 0.25) is 0 Å². The Labute approximate surface area is 181 Å². The first-order valence-electron chi connectivity index (χ1n) is 11.1. The molecule has 1 aromatic carbocycles. The molecule has 0 unspecified atom stereocenters. The van der Waals surface area contributed by atoms with Crippen molar-refractivity contribution in [3.05, 3.63) is 18.2 Å². The minimum absolute atomic E-state index is 0.377. The van der Waals surface area contributed by atoms with Crippen LogP contribution in [-0.4, -0.2) is 66.6 Å². The molecular weight excluding hydrogens is 380 g/mol. The third-order valence-electron chi connectivity index (χ3n) is 6.64. The van der Waals surface area contributed by atoms with Crippen LogP contribution in [0.5, 0.6) is 11.5 Å². The van der Waals surface area contributed by atoms with Gasteiger partial charge in [0.2, 0.25) is 0 Å². The molecule has 30 heavy (non-hydrogen) atoms. The lowest BCUT2D eigenvalue weighted by Crippen LogP contribution is -2.51. The van der Waals surface area contributed by atoms with Crippen molar-refractivity contribution in [1.82, 2.24) is 10.6 Å². The summed E-state index contributed by atoms with van der Waals surface area (Å²) in [4.78, 5) is 6.86. The van der Waals surface area contributed by atoms with Crippen LogP contribution in [-0.2, 0) is 4.74 Å². The fourth-order valence-electron chi connectivity index (χ4n) is 4.43. The fourth-order valence-corrected chi connectivity index (χ4v) is 4.43. The maximum absolute atomic E-state index is 5.42. The predicted molar refractivity (Wildman–Crippen MR) is 122 cm³/mol. The third kappa shape index (κ3) is 5.72. The molecule has 168 valence electrons. The smallest absolute Gasteiger partial charge is 0.191 e. The van der Waals surface area contributed by atoms with Gasteiger partial charge in [-0.3, -0.25) is 4.99 Å². The summed E-state index contributed by atoms with van der Waals surface area (Å²) in [6.07, 6.45) is 7.14. The lowest BCUT2D eigenvalue weighted by Gasteiger charge is -2.42. The van der Waals surface area contributed by atoms with Gasteiger partial charge < -0.3 is 29.7 Å². The van der Waals surface area contributed by atoms with Gasteiger partial charge in [0.15, 0.2) is 5.96 Å². The van der Waals surface area contributed by atoms with Crippen LogP contribution in [0.25, 0.3) is 0 Å². The highest BCUT2D eigenvalue weighted by Crippen LogP contribution is 2.43. The van der Waals surface area contributed by atoms with Crippen LogP contribution in [0, 0.1) is 5.41 Å². The van der Waals surface area contributed by atoms with Crippen LogP contribution in [0.3, 0.4) is 0 Å². The Morgan fingerprint density at radius 2 is 1.77 bits per heavy atom. The lowest BCUT2D eigenvalue weighted by molar-refractivity contribution is 0.0732. The van der Waals surface area contributed by atoms with Gasteiger partial charge in [0.1, 0.15) is 11.5 Å². The Kier molecular flexibility index (Phi) is 8.08. The molecule has 2 N–H and O–H groups in total. The second kappa shape index (κ2) is 10.8. The first-order chi connectivity index (χ1) is 14.6. The number of piperidine rings is 1. The molecule has 7 nitrogen and oxygen atoms in total. The summed E-state index contributed by atoms with van der Waals surface area (Å²) < 4.78 is 16.1. The van der Waals surface area contributed by atoms with Gasteiger partial charge in [-0.15, -0.1) is 0 Å². The van der Waals surface area contributed by atoms with Crippen molar-refractivity contribution in [2.45, 2.75) is 44.6 Å². The molecule has 1 aromatic rings. The average molecular weight is 419 g/mol. The summed E-state index contributed by atoms with van der Waals surface area (Å²) in [5.41, 5.74) is 1.53. The van der Waals surface area contributed by atoms with E-state index in [0.29, 0.717) is 11.5 Å². The van der Waals surface area contributed by atoms with E-state index in [1.165, 1.54) is 19.3 Å². The number of aliphatic imine (C=N–C) groups is 1. The van der Waals surface area contributed by atoms with Gasteiger partial charge in [-0.1, -0.05) is 6.42 Å². The molecule has 1 saturated heterocycles. The van der Waals surface area contributed by atoms with E-state index in [9.17, 15) is 0 Å². The van der Waals surface area contributed by atoms with Crippen molar-refractivity contribution < 1.29 is 14.2 Å². The minimum Gasteiger partial charge on any atom is -0.497 e. The van der Waals surface area contributed by atoms with E-state index >= 15 is 0 Å². The van der Waals surface area contributed by atoms with Crippen LogP contribution in [0.1, 0.15) is 38.5 Å². The zero-order valence-electron chi connectivity index (χ0n) is 19.0. The summed E-state index contributed by atoms with van der Waals surface area (Å²) in [6.45, 7) is 3.78. The number of hydrogen-bond donors (Lipinski definition) is 2. The Morgan fingerprint density at radius 1 is 1.10 bits per heavy atom. The molecule has 0 amide bonds. The molecule has 1 heterocycles. The fraction of sp³-hybridized carbons (Fsp3) is 0.696. The zero-order valence-corrected chi connectivity index (χ0v) is 19.0. The number of nitrogens with zero attached hydrogens (tertiary/aromatic N) is 2. The summed E-state index contributed by atoms with van der Waals surface area (Å²) in [5, 5.41) is 7.21. The number of benzene rings is 1. The van der Waals surface area contributed by atoms with E-state index in [1.54, 1.807) is 21.3 Å². The van der Waals surface area contributed by atoms with Crippen molar-refractivity contribution >= 4 is 11.6 Å². The van der Waals surface area contributed by atoms with Gasteiger partial charge in [-0.25, -0.2) is 0 Å². The molecule has 2 aliphatic rings. The number of hydrogen-bond acceptors (Lipinski definition) is 5. The Hall–Kier alpha value is -2.15. The van der Waals surface area contributed by atoms with Crippen LogP contribution >= 0.6 is 0 Å². The molecule has 1 aliphatic carbocycles. The van der Waals surface area contributed by atoms with Gasteiger partial charge in [0.05, 0.1) is 14.2 Å². The molecule has 7 heteroatoms. The summed E-state index contributed by atoms with van der Waals surface area (Å²) in [5.74, 6) is 2.57. The molecule has 1 aliphatic heterocycles. The van der Waals surface area contributed by atoms with Gasteiger partial charge in [0, 0.05) is 70.3 Å². The summed E-state index contributed by atoms with van der Waals surface area (Å²) >= 11 is 0. The largest absolute Gasteiger partial charge is 0.497 e. The number of anilines is 1. The average Bonchev–Trinajstić information content (AvgIpc) is 2.77.